The summed E-state index contributed by atoms with van der Waals surface area (Å²) in [5, 5.41) is 1.26. The number of para-hydroxylation sites is 1. The summed E-state index contributed by atoms with van der Waals surface area (Å²) in [6.07, 6.45) is -0.267. The zero-order valence-corrected chi connectivity index (χ0v) is 12.0. The van der Waals surface area contributed by atoms with E-state index >= 15 is 0 Å². The lowest BCUT2D eigenvalue weighted by atomic mass is 10.0. The minimum absolute atomic E-state index is 0.169. The second-order valence-electron chi connectivity index (χ2n) is 4.38. The third-order valence-electron chi connectivity index (χ3n) is 2.77. The van der Waals surface area contributed by atoms with E-state index in [0.717, 1.165) is 5.56 Å². The fraction of sp³-hybridized carbons (Fsp3) is 0.200. The maximum absolute atomic E-state index is 6.10. The van der Waals surface area contributed by atoms with Crippen LogP contribution in [0.1, 0.15) is 18.6 Å². The average Bonchev–Trinajstić information content (AvgIpc) is 2.39. The van der Waals surface area contributed by atoms with Crippen molar-refractivity contribution in [1.29, 1.82) is 0 Å². The molecular weight excluding hydrogens is 281 g/mol. The molecule has 0 bridgehead atoms. The van der Waals surface area contributed by atoms with Crippen LogP contribution in [-0.4, -0.2) is 6.04 Å². The topological polar surface area (TPSA) is 35.2 Å². The molecule has 4 heteroatoms. The molecule has 2 rings (SSSR count). The molecule has 2 nitrogen and oxygen atoms in total. The van der Waals surface area contributed by atoms with Gasteiger partial charge >= 0.3 is 0 Å². The van der Waals surface area contributed by atoms with Gasteiger partial charge in [0.15, 0.2) is 0 Å². The maximum atomic E-state index is 6.10. The van der Waals surface area contributed by atoms with E-state index in [2.05, 4.69) is 0 Å². The minimum Gasteiger partial charge on any atom is -0.483 e. The van der Waals surface area contributed by atoms with Crippen LogP contribution in [0.4, 0.5) is 0 Å². The molecule has 100 valence electrons. The van der Waals surface area contributed by atoms with Gasteiger partial charge in [-0.2, -0.15) is 0 Å². The Labute approximate surface area is 123 Å². The first kappa shape index (κ1) is 14.2. The summed E-state index contributed by atoms with van der Waals surface area (Å²) in [5.41, 5.74) is 6.98. The summed E-state index contributed by atoms with van der Waals surface area (Å²) < 4.78 is 5.93. The number of halogens is 2. The first-order valence-corrected chi connectivity index (χ1v) is 6.76. The first-order chi connectivity index (χ1) is 9.08. The number of hydrogen-bond donors (Lipinski definition) is 1. The lowest BCUT2D eigenvalue weighted by Gasteiger charge is -2.23. The third kappa shape index (κ3) is 3.63. The van der Waals surface area contributed by atoms with E-state index in [9.17, 15) is 0 Å². The molecule has 2 aromatic carbocycles. The molecule has 2 atom stereocenters. The Morgan fingerprint density at radius 3 is 2.21 bits per heavy atom. The number of benzene rings is 2. The summed E-state index contributed by atoms with van der Waals surface area (Å²) >= 11 is 12.0. The molecule has 0 aliphatic carbocycles. The molecule has 2 N–H and O–H groups in total. The summed E-state index contributed by atoms with van der Waals surface area (Å²) in [7, 11) is 0. The van der Waals surface area contributed by atoms with Crippen LogP contribution < -0.4 is 10.5 Å². The Morgan fingerprint density at radius 1 is 1.00 bits per heavy atom. The Morgan fingerprint density at radius 2 is 1.63 bits per heavy atom. The molecule has 0 aromatic heterocycles. The summed E-state index contributed by atoms with van der Waals surface area (Å²) in [5.74, 6) is 0.626. The SMILES string of the molecule is CC(N)C(Oc1ccccc1Cl)c1ccc(Cl)cc1. The Kier molecular flexibility index (Phi) is 4.70. The molecule has 0 spiro atoms. The highest BCUT2D eigenvalue weighted by Gasteiger charge is 2.19. The number of rotatable bonds is 4. The molecule has 0 saturated heterocycles. The van der Waals surface area contributed by atoms with E-state index in [1.165, 1.54) is 0 Å². The van der Waals surface area contributed by atoms with Gasteiger partial charge in [0.2, 0.25) is 0 Å². The monoisotopic (exact) mass is 295 g/mol. The molecule has 0 saturated carbocycles. The van der Waals surface area contributed by atoms with Gasteiger partial charge in [0, 0.05) is 11.1 Å². The summed E-state index contributed by atoms with van der Waals surface area (Å²) in [6, 6.07) is 14.6. The van der Waals surface area contributed by atoms with Gasteiger partial charge in [-0.25, -0.2) is 0 Å². The fourth-order valence-corrected chi connectivity index (χ4v) is 2.11. The van der Waals surface area contributed by atoms with Gasteiger partial charge in [0.1, 0.15) is 11.9 Å². The van der Waals surface area contributed by atoms with Crippen molar-refractivity contribution < 1.29 is 4.74 Å². The van der Waals surface area contributed by atoms with E-state index < -0.39 is 0 Å². The zero-order valence-electron chi connectivity index (χ0n) is 10.5. The van der Waals surface area contributed by atoms with Gasteiger partial charge in [-0.05, 0) is 36.8 Å². The normalized spacial score (nSPS) is 13.9. The number of ether oxygens (including phenoxy) is 1. The van der Waals surface area contributed by atoms with Crippen LogP contribution in [0.25, 0.3) is 0 Å². The predicted molar refractivity (Wildman–Crippen MR) is 79.9 cm³/mol. The van der Waals surface area contributed by atoms with Crippen LogP contribution in [0.3, 0.4) is 0 Å². The second kappa shape index (κ2) is 6.29. The third-order valence-corrected chi connectivity index (χ3v) is 3.33. The lowest BCUT2D eigenvalue weighted by molar-refractivity contribution is 0.180. The highest BCUT2D eigenvalue weighted by atomic mass is 35.5. The molecule has 0 heterocycles. The standard InChI is InChI=1S/C15H15Cl2NO/c1-10(18)15(11-6-8-12(16)9-7-11)19-14-5-3-2-4-13(14)17/h2-10,15H,18H2,1H3. The van der Waals surface area contributed by atoms with Gasteiger partial charge in [-0.15, -0.1) is 0 Å². The van der Waals surface area contributed by atoms with Gasteiger partial charge in [0.05, 0.1) is 5.02 Å². The van der Waals surface area contributed by atoms with Crippen molar-refractivity contribution >= 4 is 23.2 Å². The predicted octanol–water partition coefficient (Wildman–Crippen LogP) is 4.46. The molecule has 0 amide bonds. The van der Waals surface area contributed by atoms with E-state index in [1.807, 2.05) is 49.4 Å². The van der Waals surface area contributed by atoms with Crippen molar-refractivity contribution in [3.63, 3.8) is 0 Å². The number of nitrogens with two attached hydrogens (primary N) is 1. The van der Waals surface area contributed by atoms with Gasteiger partial charge in [-0.3, -0.25) is 0 Å². The van der Waals surface area contributed by atoms with Gasteiger partial charge in [0.25, 0.3) is 0 Å². The highest BCUT2D eigenvalue weighted by molar-refractivity contribution is 6.32. The Balaban J connectivity index is 2.26. The molecule has 0 radical (unpaired) electrons. The first-order valence-electron chi connectivity index (χ1n) is 6.00. The van der Waals surface area contributed by atoms with Crippen molar-refractivity contribution in [1.82, 2.24) is 0 Å². The summed E-state index contributed by atoms with van der Waals surface area (Å²) in [4.78, 5) is 0. The van der Waals surface area contributed by atoms with Crippen LogP contribution in [0, 0.1) is 0 Å². The van der Waals surface area contributed by atoms with Gasteiger partial charge in [-0.1, -0.05) is 47.5 Å². The average molecular weight is 296 g/mol. The van der Waals surface area contributed by atoms with Crippen LogP contribution >= 0.6 is 23.2 Å². The van der Waals surface area contributed by atoms with E-state index in [-0.39, 0.29) is 12.1 Å². The molecule has 2 aromatic rings. The largest absolute Gasteiger partial charge is 0.483 e. The molecule has 0 aliphatic rings. The van der Waals surface area contributed by atoms with Crippen molar-refractivity contribution in [2.24, 2.45) is 5.73 Å². The summed E-state index contributed by atoms with van der Waals surface area (Å²) in [6.45, 7) is 1.90. The van der Waals surface area contributed by atoms with Crippen molar-refractivity contribution in [3.05, 3.63) is 64.1 Å². The van der Waals surface area contributed by atoms with Crippen LogP contribution in [0.2, 0.25) is 10.0 Å². The maximum Gasteiger partial charge on any atom is 0.139 e. The Bertz CT molecular complexity index is 540. The van der Waals surface area contributed by atoms with Gasteiger partial charge < -0.3 is 10.5 Å². The van der Waals surface area contributed by atoms with Crippen molar-refractivity contribution in [2.75, 3.05) is 0 Å². The van der Waals surface area contributed by atoms with Crippen LogP contribution in [-0.2, 0) is 0 Å². The lowest BCUT2D eigenvalue weighted by Crippen LogP contribution is -2.29. The highest BCUT2D eigenvalue weighted by Crippen LogP contribution is 2.30. The van der Waals surface area contributed by atoms with E-state index in [1.54, 1.807) is 6.07 Å². The van der Waals surface area contributed by atoms with Crippen LogP contribution in [0.15, 0.2) is 48.5 Å². The molecule has 2 unspecified atom stereocenters. The molecular formula is C15H15Cl2NO. The van der Waals surface area contributed by atoms with Crippen molar-refractivity contribution in [3.8, 4) is 5.75 Å². The molecule has 19 heavy (non-hydrogen) atoms. The van der Waals surface area contributed by atoms with E-state index in [0.29, 0.717) is 15.8 Å². The molecule has 0 aliphatic heterocycles. The second-order valence-corrected chi connectivity index (χ2v) is 5.22. The quantitative estimate of drug-likeness (QED) is 0.904. The molecule has 0 fully saturated rings. The Hall–Kier alpha value is -1.22. The number of hydrogen-bond acceptors (Lipinski definition) is 2. The van der Waals surface area contributed by atoms with Crippen molar-refractivity contribution in [2.45, 2.75) is 19.1 Å². The zero-order chi connectivity index (χ0) is 13.8. The smallest absolute Gasteiger partial charge is 0.139 e. The minimum atomic E-state index is -0.267. The van der Waals surface area contributed by atoms with Crippen LogP contribution in [0.5, 0.6) is 5.75 Å². The van der Waals surface area contributed by atoms with E-state index in [4.69, 9.17) is 33.7 Å². The fourth-order valence-electron chi connectivity index (χ4n) is 1.81.